The van der Waals surface area contributed by atoms with Crippen LogP contribution < -0.4 is 5.32 Å². The summed E-state index contributed by atoms with van der Waals surface area (Å²) in [5.74, 6) is -0.221. The number of aliphatic hydroxyl groups excluding tert-OH is 1. The monoisotopic (exact) mass is 786 g/mol. The van der Waals surface area contributed by atoms with E-state index in [-0.39, 0.29) is 5.91 Å². The summed E-state index contributed by atoms with van der Waals surface area (Å²) in [6.45, 7) is 4.09. The fourth-order valence-corrected chi connectivity index (χ4v) is 7.76. The summed E-state index contributed by atoms with van der Waals surface area (Å²) < 4.78 is 15.9. The highest BCUT2D eigenvalue weighted by Gasteiger charge is 2.24. The second-order valence-electron chi connectivity index (χ2n) is 16.4. The molecule has 0 saturated carbocycles. The Labute approximate surface area is 335 Å². The minimum absolute atomic E-state index is 0.221. The maximum absolute atomic E-state index is 12.6. The van der Waals surface area contributed by atoms with Gasteiger partial charge in [0.2, 0.25) is 5.91 Å². The molecule has 2 atom stereocenters. The lowest BCUT2D eigenvalue weighted by molar-refractivity contribution is -0.123. The lowest BCUT2D eigenvalue weighted by Gasteiger charge is -2.22. The molecule has 0 heterocycles. The average molecular weight is 786 g/mol. The van der Waals surface area contributed by atoms with Gasteiger partial charge in [-0.05, 0) is 19.3 Å². The molecule has 0 radical (unpaired) electrons. The van der Waals surface area contributed by atoms with Crippen molar-refractivity contribution in [1.82, 2.24) is 5.32 Å². The molecule has 0 aliphatic rings. The number of carbonyl (C=O) groups is 1. The molecule has 0 aromatic heterocycles. The van der Waals surface area contributed by atoms with Crippen LogP contribution in [-0.4, -0.2) is 39.6 Å². The number of unbranched alkanes of at least 4 members (excludes halogenated alkanes) is 35. The highest BCUT2D eigenvalue weighted by Crippen LogP contribution is 2.36. The normalized spacial score (nSPS) is 13.2. The molecule has 8 heteroatoms. The topological polar surface area (TPSA) is 116 Å². The van der Waals surface area contributed by atoms with Gasteiger partial charge < -0.3 is 20.2 Å². The lowest BCUT2D eigenvalue weighted by atomic mass is 10.0. The smallest absolute Gasteiger partial charge is 0.387 e. The molecule has 322 valence electrons. The Hall–Kier alpha value is -0.720. The maximum atomic E-state index is 12.6. The predicted octanol–water partition coefficient (Wildman–Crippen LogP) is 14.4. The average Bonchev–Trinajstić information content (AvgIpc) is 3.14. The molecule has 0 bridgehead atoms. The van der Waals surface area contributed by atoms with Gasteiger partial charge in [-0.3, -0.25) is 9.32 Å². The van der Waals surface area contributed by atoms with Crippen LogP contribution >= 0.6 is 7.82 Å². The van der Waals surface area contributed by atoms with Crippen LogP contribution in [0.3, 0.4) is 0 Å². The van der Waals surface area contributed by atoms with E-state index in [0.717, 1.165) is 38.5 Å². The first-order valence-corrected chi connectivity index (χ1v) is 25.2. The summed E-state index contributed by atoms with van der Waals surface area (Å²) in [6.07, 6.45) is 51.1. The van der Waals surface area contributed by atoms with Gasteiger partial charge in [0, 0.05) is 6.42 Å². The van der Waals surface area contributed by atoms with Gasteiger partial charge in [0.1, 0.15) is 0 Å². The third-order valence-electron chi connectivity index (χ3n) is 11.0. The molecule has 0 aliphatic carbocycles. The fourth-order valence-electron chi connectivity index (χ4n) is 7.40. The molecular weight excluding hydrogens is 693 g/mol. The van der Waals surface area contributed by atoms with E-state index in [2.05, 4.69) is 23.7 Å². The van der Waals surface area contributed by atoms with E-state index in [9.17, 15) is 14.5 Å². The summed E-state index contributed by atoms with van der Waals surface area (Å²) in [6, 6.07) is -0.905. The van der Waals surface area contributed by atoms with Crippen LogP contribution in [0.25, 0.3) is 0 Å². The molecule has 0 aliphatic heterocycles. The molecule has 0 spiro atoms. The molecule has 0 saturated heterocycles. The number of nitrogens with one attached hydrogen (secondary N) is 1. The van der Waals surface area contributed by atoms with Crippen molar-refractivity contribution in [3.05, 3.63) is 12.2 Å². The van der Waals surface area contributed by atoms with Crippen molar-refractivity contribution in [1.29, 1.82) is 0 Å². The first-order valence-electron chi connectivity index (χ1n) is 23.6. The van der Waals surface area contributed by atoms with Crippen molar-refractivity contribution in [3.63, 3.8) is 0 Å². The Morgan fingerprint density at radius 3 is 1.13 bits per heavy atom. The summed E-state index contributed by atoms with van der Waals surface area (Å²) in [5.41, 5.74) is 0. The van der Waals surface area contributed by atoms with Gasteiger partial charge in [0.05, 0.1) is 18.8 Å². The molecule has 0 aromatic carbocycles. The number of hydrogen-bond acceptors (Lipinski definition) is 4. The first-order chi connectivity index (χ1) is 26.3. The Bertz CT molecular complexity index is 849. The number of aliphatic hydroxyl groups is 1. The number of carbonyl (C=O) groups excluding carboxylic acids is 1. The second-order valence-corrected chi connectivity index (χ2v) is 17.7. The fraction of sp³-hybridized carbons (Fsp3) is 0.935. The van der Waals surface area contributed by atoms with Crippen molar-refractivity contribution in [2.45, 2.75) is 270 Å². The van der Waals surface area contributed by atoms with Crippen LogP contribution in [0.2, 0.25) is 0 Å². The minimum atomic E-state index is -4.71. The van der Waals surface area contributed by atoms with E-state index in [1.54, 1.807) is 6.08 Å². The third kappa shape index (κ3) is 42.4. The number of amides is 1. The first kappa shape index (κ1) is 53.3. The van der Waals surface area contributed by atoms with Gasteiger partial charge in [-0.25, -0.2) is 4.57 Å². The van der Waals surface area contributed by atoms with Crippen molar-refractivity contribution >= 4 is 13.7 Å². The molecule has 4 N–H and O–H groups in total. The number of rotatable bonds is 44. The summed E-state index contributed by atoms with van der Waals surface area (Å²) >= 11 is 0. The third-order valence-corrected chi connectivity index (χ3v) is 11.5. The van der Waals surface area contributed by atoms with Crippen LogP contribution in [0, 0.1) is 0 Å². The molecule has 0 fully saturated rings. The molecule has 0 rings (SSSR count). The predicted molar refractivity (Wildman–Crippen MR) is 232 cm³/mol. The van der Waals surface area contributed by atoms with Crippen LogP contribution in [0.1, 0.15) is 258 Å². The zero-order chi connectivity index (χ0) is 39.6. The number of phosphoric acid groups is 1. The van der Waals surface area contributed by atoms with Crippen LogP contribution in [0.15, 0.2) is 12.2 Å². The van der Waals surface area contributed by atoms with Gasteiger partial charge in [-0.1, -0.05) is 244 Å². The van der Waals surface area contributed by atoms with Crippen LogP contribution in [0.4, 0.5) is 0 Å². The molecular formula is C46H92NO6P. The van der Waals surface area contributed by atoms with E-state index in [0.29, 0.717) is 6.42 Å². The highest BCUT2D eigenvalue weighted by molar-refractivity contribution is 7.46. The Kier molecular flexibility index (Phi) is 41.3. The molecule has 7 nitrogen and oxygen atoms in total. The van der Waals surface area contributed by atoms with E-state index in [1.807, 2.05) is 6.08 Å². The minimum Gasteiger partial charge on any atom is -0.387 e. The quantitative estimate of drug-likeness (QED) is 0.0278. The number of phosphoric ester groups is 1. The molecule has 54 heavy (non-hydrogen) atoms. The van der Waals surface area contributed by atoms with E-state index >= 15 is 0 Å². The van der Waals surface area contributed by atoms with Crippen molar-refractivity contribution in [2.75, 3.05) is 6.61 Å². The van der Waals surface area contributed by atoms with Gasteiger partial charge in [-0.2, -0.15) is 0 Å². The zero-order valence-corrected chi connectivity index (χ0v) is 36.8. The number of allylic oxidation sites excluding steroid dienone is 1. The molecule has 0 unspecified atom stereocenters. The standard InChI is InChI=1S/C46H92NO6P/c1-3-5-7-9-11-13-15-17-18-19-20-21-22-23-24-25-26-27-28-30-32-34-36-38-40-42-46(49)47-44(43-53-54(50,51)52)45(48)41-39-37-35-33-31-29-16-14-12-10-8-6-4-2/h39,41,44-45,48H,3-38,40,42-43H2,1-2H3,(H,47,49)(H2,50,51,52)/b41-39+/t44-,45+/m0/s1. The second kappa shape index (κ2) is 41.9. The summed E-state index contributed by atoms with van der Waals surface area (Å²) in [7, 11) is -4.71. The van der Waals surface area contributed by atoms with E-state index < -0.39 is 26.6 Å². The van der Waals surface area contributed by atoms with Crippen LogP contribution in [0.5, 0.6) is 0 Å². The van der Waals surface area contributed by atoms with Gasteiger partial charge in [-0.15, -0.1) is 0 Å². The molecule has 0 aromatic rings. The van der Waals surface area contributed by atoms with Crippen molar-refractivity contribution < 1.29 is 28.8 Å². The van der Waals surface area contributed by atoms with Crippen molar-refractivity contribution in [2.24, 2.45) is 0 Å². The number of hydrogen-bond donors (Lipinski definition) is 4. The Balaban J connectivity index is 3.78. The zero-order valence-electron chi connectivity index (χ0n) is 35.9. The van der Waals surface area contributed by atoms with Gasteiger partial charge in [0.15, 0.2) is 0 Å². The Morgan fingerprint density at radius 2 is 0.815 bits per heavy atom. The maximum Gasteiger partial charge on any atom is 0.469 e. The van der Waals surface area contributed by atoms with Crippen molar-refractivity contribution in [3.8, 4) is 0 Å². The summed E-state index contributed by atoms with van der Waals surface area (Å²) in [5, 5.41) is 13.4. The SMILES string of the molecule is CCCCCCCCCCCCC/C=C/[C@@H](O)[C@H](COP(=O)(O)O)NC(=O)CCCCCCCCCCCCCCCCCCCCCCCCCCC. The largest absolute Gasteiger partial charge is 0.469 e. The van der Waals surface area contributed by atoms with E-state index in [1.165, 1.54) is 199 Å². The van der Waals surface area contributed by atoms with Gasteiger partial charge >= 0.3 is 7.82 Å². The Morgan fingerprint density at radius 1 is 0.519 bits per heavy atom. The summed E-state index contributed by atoms with van der Waals surface area (Å²) in [4.78, 5) is 30.9. The molecule has 1 amide bonds. The van der Waals surface area contributed by atoms with Gasteiger partial charge in [0.25, 0.3) is 0 Å². The highest BCUT2D eigenvalue weighted by atomic mass is 31.2. The van der Waals surface area contributed by atoms with Crippen LogP contribution in [-0.2, 0) is 13.9 Å². The van der Waals surface area contributed by atoms with E-state index in [4.69, 9.17) is 9.79 Å². The lowest BCUT2D eigenvalue weighted by Crippen LogP contribution is -2.45.